The Bertz CT molecular complexity index is 833. The van der Waals surface area contributed by atoms with E-state index in [4.69, 9.17) is 18.9 Å². The van der Waals surface area contributed by atoms with Crippen molar-refractivity contribution in [1.82, 2.24) is 10.6 Å². The summed E-state index contributed by atoms with van der Waals surface area (Å²) in [6, 6.07) is 3.64. The van der Waals surface area contributed by atoms with Crippen LogP contribution < -0.4 is 20.1 Å². The molecule has 1 heterocycles. The van der Waals surface area contributed by atoms with Crippen LogP contribution in [-0.4, -0.2) is 50.9 Å². The van der Waals surface area contributed by atoms with Crippen molar-refractivity contribution in [2.45, 2.75) is 33.7 Å². The number of ether oxygens (including phenoxy) is 4. The van der Waals surface area contributed by atoms with Crippen LogP contribution in [0.4, 0.5) is 4.79 Å². The van der Waals surface area contributed by atoms with Crippen molar-refractivity contribution in [3.63, 3.8) is 0 Å². The smallest absolute Gasteiger partial charge is 0.338 e. The maximum atomic E-state index is 12.5. The number of esters is 2. The lowest BCUT2D eigenvalue weighted by Crippen LogP contribution is -2.50. The van der Waals surface area contributed by atoms with Crippen LogP contribution in [0.2, 0.25) is 0 Å². The molecule has 164 valence electrons. The molecule has 30 heavy (non-hydrogen) atoms. The molecule has 1 atom stereocenters. The van der Waals surface area contributed by atoms with Crippen LogP contribution in [0.25, 0.3) is 0 Å². The number of methoxy groups -OCH3 is 1. The van der Waals surface area contributed by atoms with E-state index in [0.29, 0.717) is 24.0 Å². The summed E-state index contributed by atoms with van der Waals surface area (Å²) in [6.45, 7) is 7.78. The van der Waals surface area contributed by atoms with Crippen molar-refractivity contribution in [3.05, 3.63) is 35.0 Å². The highest BCUT2D eigenvalue weighted by Gasteiger charge is 2.30. The minimum Gasteiger partial charge on any atom is -0.493 e. The molecule has 2 amide bonds. The van der Waals surface area contributed by atoms with Crippen LogP contribution >= 0.6 is 0 Å². The van der Waals surface area contributed by atoms with E-state index < -0.39 is 24.0 Å². The Labute approximate surface area is 175 Å². The van der Waals surface area contributed by atoms with Gasteiger partial charge < -0.3 is 29.6 Å². The van der Waals surface area contributed by atoms with Gasteiger partial charge in [0.1, 0.15) is 6.61 Å². The minimum absolute atomic E-state index is 0.182. The van der Waals surface area contributed by atoms with E-state index in [0.717, 1.165) is 0 Å². The highest BCUT2D eigenvalue weighted by atomic mass is 16.5. The summed E-state index contributed by atoms with van der Waals surface area (Å²) >= 11 is 0. The van der Waals surface area contributed by atoms with Crippen molar-refractivity contribution in [3.8, 4) is 11.5 Å². The monoisotopic (exact) mass is 420 g/mol. The Kier molecular flexibility index (Phi) is 8.08. The van der Waals surface area contributed by atoms with E-state index in [9.17, 15) is 14.4 Å². The van der Waals surface area contributed by atoms with E-state index in [1.54, 1.807) is 26.0 Å². The van der Waals surface area contributed by atoms with Crippen LogP contribution in [0.1, 0.15) is 38.1 Å². The molecule has 1 aliphatic rings. The van der Waals surface area contributed by atoms with Crippen molar-refractivity contribution < 1.29 is 33.3 Å². The van der Waals surface area contributed by atoms with E-state index in [2.05, 4.69) is 10.6 Å². The van der Waals surface area contributed by atoms with Crippen molar-refractivity contribution >= 4 is 18.0 Å². The fraction of sp³-hybridized carbons (Fsp3) is 0.476. The molecule has 1 aliphatic heterocycles. The number of carbonyl (C=O) groups is 3. The van der Waals surface area contributed by atoms with Gasteiger partial charge in [-0.25, -0.2) is 14.4 Å². The standard InChI is InChI=1S/C21H28N2O7/c1-6-28-20(25)18-13(4)22-21(26)23-15(18)11-30-19(24)14-7-8-16(17(9-14)27-5)29-10-12(2)3/h7-9,12-13H,6,10-11H2,1-5H3,(H2,22,23,26)/t13-/m0/s1. The number of hydrogen-bond acceptors (Lipinski definition) is 7. The quantitative estimate of drug-likeness (QED) is 0.590. The number of urea groups is 1. The third-order valence-corrected chi connectivity index (χ3v) is 4.18. The highest BCUT2D eigenvalue weighted by molar-refractivity contribution is 5.95. The fourth-order valence-electron chi connectivity index (χ4n) is 2.78. The molecule has 2 rings (SSSR count). The molecule has 0 radical (unpaired) electrons. The molecule has 9 heteroatoms. The van der Waals surface area contributed by atoms with E-state index in [1.165, 1.54) is 13.2 Å². The summed E-state index contributed by atoms with van der Waals surface area (Å²) in [5.41, 5.74) is 0.636. The van der Waals surface area contributed by atoms with Gasteiger partial charge in [-0.15, -0.1) is 0 Å². The normalized spacial score (nSPS) is 15.9. The van der Waals surface area contributed by atoms with Gasteiger partial charge in [0.2, 0.25) is 0 Å². The first-order chi connectivity index (χ1) is 14.3. The molecule has 1 aromatic rings. The number of carbonyl (C=O) groups excluding carboxylic acids is 3. The first kappa shape index (κ1) is 23.1. The SMILES string of the molecule is CCOC(=O)C1=C(COC(=O)c2ccc(OCC(C)C)c(OC)c2)NC(=O)N[C@H]1C. The van der Waals surface area contributed by atoms with E-state index >= 15 is 0 Å². The summed E-state index contributed by atoms with van der Waals surface area (Å²) in [7, 11) is 1.48. The molecule has 2 N–H and O–H groups in total. The molecule has 0 saturated heterocycles. The fourth-order valence-corrected chi connectivity index (χ4v) is 2.78. The van der Waals surface area contributed by atoms with Crippen LogP contribution in [0.15, 0.2) is 29.5 Å². The molecular weight excluding hydrogens is 392 g/mol. The lowest BCUT2D eigenvalue weighted by molar-refractivity contribution is -0.139. The molecule has 0 aromatic heterocycles. The maximum Gasteiger partial charge on any atom is 0.338 e. The second-order valence-electron chi connectivity index (χ2n) is 7.08. The average Bonchev–Trinajstić information content (AvgIpc) is 2.69. The van der Waals surface area contributed by atoms with Gasteiger partial charge in [-0.1, -0.05) is 13.8 Å². The van der Waals surface area contributed by atoms with Crippen LogP contribution in [-0.2, 0) is 14.3 Å². The van der Waals surface area contributed by atoms with Gasteiger partial charge in [0.05, 0.1) is 43.2 Å². The first-order valence-electron chi connectivity index (χ1n) is 9.72. The zero-order valence-electron chi connectivity index (χ0n) is 17.9. The summed E-state index contributed by atoms with van der Waals surface area (Å²) in [4.78, 5) is 36.5. The minimum atomic E-state index is -0.639. The molecule has 0 unspecified atom stereocenters. The molecular formula is C21H28N2O7. The zero-order valence-corrected chi connectivity index (χ0v) is 17.9. The van der Waals surface area contributed by atoms with E-state index in [1.807, 2.05) is 13.8 Å². The first-order valence-corrected chi connectivity index (χ1v) is 9.72. The Hall–Kier alpha value is -3.23. The van der Waals surface area contributed by atoms with Gasteiger partial charge in [0.25, 0.3) is 0 Å². The average molecular weight is 420 g/mol. The third-order valence-electron chi connectivity index (χ3n) is 4.18. The number of hydrogen-bond donors (Lipinski definition) is 2. The number of amides is 2. The topological polar surface area (TPSA) is 112 Å². The number of rotatable bonds is 9. The van der Waals surface area contributed by atoms with Gasteiger partial charge in [-0.2, -0.15) is 0 Å². The number of benzene rings is 1. The zero-order chi connectivity index (χ0) is 22.3. The summed E-state index contributed by atoms with van der Waals surface area (Å²) < 4.78 is 21.3. The summed E-state index contributed by atoms with van der Waals surface area (Å²) in [5.74, 6) is 0.0374. The predicted octanol–water partition coefficient (Wildman–Crippen LogP) is 2.41. The summed E-state index contributed by atoms with van der Waals surface area (Å²) in [6.07, 6.45) is 0. The molecule has 0 spiro atoms. The third kappa shape index (κ3) is 5.88. The lowest BCUT2D eigenvalue weighted by atomic mass is 10.0. The second kappa shape index (κ2) is 10.5. The lowest BCUT2D eigenvalue weighted by Gasteiger charge is -2.26. The number of nitrogens with one attached hydrogen (secondary N) is 2. The van der Waals surface area contributed by atoms with Gasteiger partial charge in [-0.05, 0) is 38.0 Å². The van der Waals surface area contributed by atoms with Crippen LogP contribution in [0.3, 0.4) is 0 Å². The maximum absolute atomic E-state index is 12.5. The van der Waals surface area contributed by atoms with Crippen molar-refractivity contribution in [1.29, 1.82) is 0 Å². The van der Waals surface area contributed by atoms with Gasteiger partial charge in [-0.3, -0.25) is 0 Å². The second-order valence-corrected chi connectivity index (χ2v) is 7.08. The van der Waals surface area contributed by atoms with Crippen LogP contribution in [0, 0.1) is 5.92 Å². The molecule has 9 nitrogen and oxygen atoms in total. The summed E-state index contributed by atoms with van der Waals surface area (Å²) in [5, 5.41) is 5.09. The van der Waals surface area contributed by atoms with Gasteiger partial charge >= 0.3 is 18.0 Å². The molecule has 0 saturated carbocycles. The predicted molar refractivity (Wildman–Crippen MR) is 108 cm³/mol. The molecule has 0 bridgehead atoms. The van der Waals surface area contributed by atoms with E-state index in [-0.39, 0.29) is 30.0 Å². The van der Waals surface area contributed by atoms with Gasteiger partial charge in [0, 0.05) is 0 Å². The highest BCUT2D eigenvalue weighted by Crippen LogP contribution is 2.29. The Morgan fingerprint density at radius 2 is 1.87 bits per heavy atom. The molecule has 0 aliphatic carbocycles. The molecule has 1 aromatic carbocycles. The Morgan fingerprint density at radius 1 is 1.13 bits per heavy atom. The Morgan fingerprint density at radius 3 is 2.50 bits per heavy atom. The van der Waals surface area contributed by atoms with Crippen LogP contribution in [0.5, 0.6) is 11.5 Å². The molecule has 0 fully saturated rings. The van der Waals surface area contributed by atoms with Gasteiger partial charge in [0.15, 0.2) is 11.5 Å². The Balaban J connectivity index is 2.15. The van der Waals surface area contributed by atoms with Crippen molar-refractivity contribution in [2.75, 3.05) is 26.9 Å². The largest absolute Gasteiger partial charge is 0.493 e. The van der Waals surface area contributed by atoms with Crippen molar-refractivity contribution in [2.24, 2.45) is 5.92 Å².